The van der Waals surface area contributed by atoms with E-state index in [2.05, 4.69) is 0 Å². The normalized spacial score (nSPS) is 32.8. The van der Waals surface area contributed by atoms with Gasteiger partial charge >= 0.3 is 5.97 Å². The third-order valence-electron chi connectivity index (χ3n) is 3.38. The Labute approximate surface area is 78.8 Å². The Hall–Kier alpha value is -0.570. The zero-order valence-electron chi connectivity index (χ0n) is 8.29. The maximum Gasteiger partial charge on any atom is 0.335 e. The van der Waals surface area contributed by atoms with Gasteiger partial charge in [0.2, 0.25) is 0 Å². The van der Waals surface area contributed by atoms with Crippen molar-refractivity contribution in [1.29, 1.82) is 0 Å². The van der Waals surface area contributed by atoms with E-state index >= 15 is 0 Å². The predicted octanol–water partition coefficient (Wildman–Crippen LogP) is 1.65. The SMILES string of the molecule is CCC(O)(C(=O)O)C1CCCC1C. The minimum atomic E-state index is -1.49. The molecule has 13 heavy (non-hydrogen) atoms. The Morgan fingerprint density at radius 3 is 2.46 bits per heavy atom. The first kappa shape index (κ1) is 10.5. The summed E-state index contributed by atoms with van der Waals surface area (Å²) in [6.45, 7) is 3.76. The molecule has 0 aromatic carbocycles. The lowest BCUT2D eigenvalue weighted by atomic mass is 9.79. The molecule has 0 spiro atoms. The van der Waals surface area contributed by atoms with E-state index in [1.54, 1.807) is 6.92 Å². The highest BCUT2D eigenvalue weighted by atomic mass is 16.4. The average molecular weight is 186 g/mol. The summed E-state index contributed by atoms with van der Waals surface area (Å²) in [4.78, 5) is 10.9. The third-order valence-corrected chi connectivity index (χ3v) is 3.38. The smallest absolute Gasteiger partial charge is 0.335 e. The molecule has 0 amide bonds. The molecular weight excluding hydrogens is 168 g/mol. The number of aliphatic hydroxyl groups is 1. The van der Waals surface area contributed by atoms with E-state index < -0.39 is 11.6 Å². The van der Waals surface area contributed by atoms with Crippen LogP contribution in [-0.4, -0.2) is 21.8 Å². The highest BCUT2D eigenvalue weighted by Gasteiger charge is 2.46. The molecule has 3 unspecified atom stereocenters. The van der Waals surface area contributed by atoms with Gasteiger partial charge in [0.25, 0.3) is 0 Å². The van der Waals surface area contributed by atoms with Gasteiger partial charge in [0.05, 0.1) is 0 Å². The van der Waals surface area contributed by atoms with Crippen LogP contribution in [0.2, 0.25) is 0 Å². The van der Waals surface area contributed by atoms with Crippen molar-refractivity contribution in [3.8, 4) is 0 Å². The molecule has 76 valence electrons. The van der Waals surface area contributed by atoms with Gasteiger partial charge in [-0.15, -0.1) is 0 Å². The summed E-state index contributed by atoms with van der Waals surface area (Å²) in [5.41, 5.74) is -1.49. The van der Waals surface area contributed by atoms with Crippen LogP contribution in [0.25, 0.3) is 0 Å². The number of carboxylic acids is 1. The molecule has 2 N–H and O–H groups in total. The lowest BCUT2D eigenvalue weighted by Crippen LogP contribution is -2.46. The van der Waals surface area contributed by atoms with E-state index in [-0.39, 0.29) is 5.92 Å². The summed E-state index contributed by atoms with van der Waals surface area (Å²) in [6, 6.07) is 0. The second kappa shape index (κ2) is 3.66. The van der Waals surface area contributed by atoms with Crippen molar-refractivity contribution in [2.24, 2.45) is 11.8 Å². The Kier molecular flexibility index (Phi) is 2.96. The van der Waals surface area contributed by atoms with Crippen LogP contribution >= 0.6 is 0 Å². The van der Waals surface area contributed by atoms with Gasteiger partial charge in [-0.1, -0.05) is 26.7 Å². The summed E-state index contributed by atoms with van der Waals surface area (Å²) in [5, 5.41) is 18.9. The number of hydrogen-bond acceptors (Lipinski definition) is 2. The number of aliphatic carboxylic acids is 1. The van der Waals surface area contributed by atoms with Crippen LogP contribution in [0.1, 0.15) is 39.5 Å². The molecule has 0 aromatic heterocycles. The Morgan fingerprint density at radius 1 is 1.54 bits per heavy atom. The lowest BCUT2D eigenvalue weighted by molar-refractivity contribution is -0.167. The fraction of sp³-hybridized carbons (Fsp3) is 0.900. The first-order valence-electron chi connectivity index (χ1n) is 4.98. The first-order valence-corrected chi connectivity index (χ1v) is 4.98. The van der Waals surface area contributed by atoms with Crippen molar-refractivity contribution >= 4 is 5.97 Å². The molecule has 3 atom stereocenters. The first-order chi connectivity index (χ1) is 6.02. The maximum absolute atomic E-state index is 10.9. The molecule has 1 fully saturated rings. The van der Waals surface area contributed by atoms with Gasteiger partial charge in [0.15, 0.2) is 5.60 Å². The molecule has 1 aliphatic carbocycles. The van der Waals surface area contributed by atoms with Crippen LogP contribution in [0, 0.1) is 11.8 Å². The van der Waals surface area contributed by atoms with Crippen molar-refractivity contribution in [3.63, 3.8) is 0 Å². The van der Waals surface area contributed by atoms with Crippen LogP contribution in [0.4, 0.5) is 0 Å². The molecule has 0 heterocycles. The monoisotopic (exact) mass is 186 g/mol. The van der Waals surface area contributed by atoms with E-state index in [0.717, 1.165) is 19.3 Å². The second-order valence-electron chi connectivity index (χ2n) is 4.10. The van der Waals surface area contributed by atoms with Crippen molar-refractivity contribution in [2.75, 3.05) is 0 Å². The second-order valence-corrected chi connectivity index (χ2v) is 4.10. The summed E-state index contributed by atoms with van der Waals surface area (Å²) in [5.74, 6) is -0.787. The fourth-order valence-electron chi connectivity index (χ4n) is 2.43. The molecule has 0 aliphatic heterocycles. The van der Waals surface area contributed by atoms with Crippen molar-refractivity contribution < 1.29 is 15.0 Å². The fourth-order valence-corrected chi connectivity index (χ4v) is 2.43. The number of rotatable bonds is 3. The van der Waals surface area contributed by atoms with Gasteiger partial charge in [-0.2, -0.15) is 0 Å². The quantitative estimate of drug-likeness (QED) is 0.704. The summed E-state index contributed by atoms with van der Waals surface area (Å²) >= 11 is 0. The van der Waals surface area contributed by atoms with Crippen molar-refractivity contribution in [1.82, 2.24) is 0 Å². The molecule has 1 saturated carbocycles. The van der Waals surface area contributed by atoms with E-state index in [9.17, 15) is 9.90 Å². The maximum atomic E-state index is 10.9. The number of hydrogen-bond donors (Lipinski definition) is 2. The molecule has 1 rings (SSSR count). The minimum absolute atomic E-state index is 0.0602. The van der Waals surface area contributed by atoms with Crippen LogP contribution in [0.15, 0.2) is 0 Å². The van der Waals surface area contributed by atoms with E-state index in [1.165, 1.54) is 0 Å². The van der Waals surface area contributed by atoms with E-state index in [0.29, 0.717) is 12.3 Å². The highest BCUT2D eigenvalue weighted by molar-refractivity contribution is 5.77. The minimum Gasteiger partial charge on any atom is -0.479 e. The van der Waals surface area contributed by atoms with Crippen LogP contribution in [0.5, 0.6) is 0 Å². The third kappa shape index (κ3) is 1.70. The number of carboxylic acid groups (broad SMARTS) is 1. The lowest BCUT2D eigenvalue weighted by Gasteiger charge is -2.31. The van der Waals surface area contributed by atoms with Gasteiger partial charge in [0, 0.05) is 5.92 Å². The van der Waals surface area contributed by atoms with Gasteiger partial charge in [-0.05, 0) is 18.8 Å². The number of carbonyl (C=O) groups is 1. The van der Waals surface area contributed by atoms with Crippen molar-refractivity contribution in [2.45, 2.75) is 45.1 Å². The molecule has 1 aliphatic rings. The molecular formula is C10H18O3. The summed E-state index contributed by atoms with van der Waals surface area (Å²) in [7, 11) is 0. The zero-order valence-corrected chi connectivity index (χ0v) is 8.29. The highest BCUT2D eigenvalue weighted by Crippen LogP contribution is 2.40. The zero-order chi connectivity index (χ0) is 10.1. The largest absolute Gasteiger partial charge is 0.479 e. The molecule has 0 radical (unpaired) electrons. The Bertz CT molecular complexity index is 202. The standard InChI is InChI=1S/C10H18O3/c1-3-10(13,9(11)12)8-6-4-5-7(8)2/h7-8,13H,3-6H2,1-2H3,(H,11,12). The van der Waals surface area contributed by atoms with Crippen molar-refractivity contribution in [3.05, 3.63) is 0 Å². The Morgan fingerprint density at radius 2 is 2.15 bits per heavy atom. The molecule has 0 bridgehead atoms. The van der Waals surface area contributed by atoms with Crippen LogP contribution in [0.3, 0.4) is 0 Å². The molecule has 3 nitrogen and oxygen atoms in total. The van der Waals surface area contributed by atoms with E-state index in [1.807, 2.05) is 6.92 Å². The van der Waals surface area contributed by atoms with Gasteiger partial charge in [-0.25, -0.2) is 4.79 Å². The predicted molar refractivity (Wildman–Crippen MR) is 49.4 cm³/mol. The van der Waals surface area contributed by atoms with E-state index in [4.69, 9.17) is 5.11 Å². The topological polar surface area (TPSA) is 57.5 Å². The van der Waals surface area contributed by atoms with Gasteiger partial charge in [-0.3, -0.25) is 0 Å². The van der Waals surface area contributed by atoms with Crippen LogP contribution in [-0.2, 0) is 4.79 Å². The van der Waals surface area contributed by atoms with Gasteiger partial charge in [0.1, 0.15) is 0 Å². The molecule has 0 saturated heterocycles. The van der Waals surface area contributed by atoms with Crippen LogP contribution < -0.4 is 0 Å². The molecule has 0 aromatic rings. The summed E-state index contributed by atoms with van der Waals surface area (Å²) < 4.78 is 0. The average Bonchev–Trinajstić information content (AvgIpc) is 2.50. The Balaban J connectivity index is 2.81. The summed E-state index contributed by atoms with van der Waals surface area (Å²) in [6.07, 6.45) is 3.23. The molecule has 3 heteroatoms. The van der Waals surface area contributed by atoms with Gasteiger partial charge < -0.3 is 10.2 Å².